The molecule has 9 heteroatoms. The summed E-state index contributed by atoms with van der Waals surface area (Å²) in [4.78, 5) is 12.3. The summed E-state index contributed by atoms with van der Waals surface area (Å²) in [5, 5.41) is 54.3. The zero-order valence-corrected chi connectivity index (χ0v) is 29.3. The van der Waals surface area contributed by atoms with E-state index in [0.717, 1.165) is 51.4 Å². The van der Waals surface area contributed by atoms with Crippen molar-refractivity contribution in [1.29, 1.82) is 0 Å². The number of carbonyl (C=O) groups is 1. The molecule has 262 valence electrons. The van der Waals surface area contributed by atoms with Gasteiger partial charge < -0.3 is 39.7 Å². The van der Waals surface area contributed by atoms with Crippen LogP contribution in [0, 0.1) is 50.2 Å². The van der Waals surface area contributed by atoms with Crippen LogP contribution < -0.4 is 0 Å². The van der Waals surface area contributed by atoms with Crippen molar-refractivity contribution in [3.63, 3.8) is 0 Å². The van der Waals surface area contributed by atoms with Crippen LogP contribution >= 0.6 is 0 Å². The Morgan fingerprint density at radius 3 is 2.22 bits per heavy atom. The minimum atomic E-state index is -1.65. The maximum absolute atomic E-state index is 12.3. The van der Waals surface area contributed by atoms with Crippen LogP contribution in [0.2, 0.25) is 0 Å². The van der Waals surface area contributed by atoms with Gasteiger partial charge in [0.1, 0.15) is 18.3 Å². The summed E-state index contributed by atoms with van der Waals surface area (Å²) in [5.74, 6) is 0.0665. The zero-order valence-electron chi connectivity index (χ0n) is 29.3. The van der Waals surface area contributed by atoms with E-state index in [2.05, 4.69) is 54.5 Å². The Bertz CT molecular complexity index is 1240. The fourth-order valence-corrected chi connectivity index (χ4v) is 12.3. The van der Waals surface area contributed by atoms with Gasteiger partial charge in [0.25, 0.3) is 0 Å². The van der Waals surface area contributed by atoms with E-state index in [4.69, 9.17) is 14.2 Å². The van der Waals surface area contributed by atoms with E-state index in [-0.39, 0.29) is 45.7 Å². The Balaban J connectivity index is 1.29. The highest BCUT2D eigenvalue weighted by molar-refractivity contribution is 5.75. The number of carbonyl (C=O) groups excluding carboxylic acids is 1. The summed E-state index contributed by atoms with van der Waals surface area (Å²) in [7, 11) is 1.17. The van der Waals surface area contributed by atoms with Gasteiger partial charge in [-0.05, 0) is 97.2 Å². The van der Waals surface area contributed by atoms with Crippen LogP contribution in [-0.4, -0.2) is 88.1 Å². The predicted octanol–water partition coefficient (Wildman–Crippen LogP) is 4.12. The first-order chi connectivity index (χ1) is 21.3. The van der Waals surface area contributed by atoms with Gasteiger partial charge in [0.05, 0.1) is 25.9 Å². The van der Waals surface area contributed by atoms with E-state index < -0.39 is 48.2 Å². The van der Waals surface area contributed by atoms with Crippen molar-refractivity contribution in [3.8, 4) is 0 Å². The number of allylic oxidation sites excluding steroid dienone is 2. The van der Waals surface area contributed by atoms with E-state index in [1.165, 1.54) is 7.11 Å². The molecule has 0 radical (unpaired) electrons. The highest BCUT2D eigenvalue weighted by atomic mass is 16.7. The van der Waals surface area contributed by atoms with Crippen LogP contribution in [0.1, 0.15) is 106 Å². The molecule has 0 spiro atoms. The van der Waals surface area contributed by atoms with E-state index in [0.29, 0.717) is 18.3 Å². The number of hydrogen-bond acceptors (Lipinski definition) is 9. The second kappa shape index (κ2) is 11.2. The van der Waals surface area contributed by atoms with E-state index in [1.807, 2.05) is 0 Å². The predicted molar refractivity (Wildman–Crippen MR) is 171 cm³/mol. The van der Waals surface area contributed by atoms with E-state index >= 15 is 0 Å². The minimum absolute atomic E-state index is 0.0318. The molecule has 15 atom stereocenters. The van der Waals surface area contributed by atoms with Gasteiger partial charge in [-0.1, -0.05) is 60.1 Å². The number of esters is 1. The summed E-state index contributed by atoms with van der Waals surface area (Å²) in [6.45, 7) is 16.4. The molecule has 1 saturated heterocycles. The highest BCUT2D eigenvalue weighted by Crippen LogP contribution is 2.75. The third kappa shape index (κ3) is 4.68. The summed E-state index contributed by atoms with van der Waals surface area (Å²) in [6, 6.07) is 0. The lowest BCUT2D eigenvalue weighted by Gasteiger charge is -2.72. The molecule has 6 rings (SSSR count). The molecule has 1 aliphatic heterocycles. The molecule has 5 aliphatic carbocycles. The first-order valence-electron chi connectivity index (χ1n) is 17.8. The van der Waals surface area contributed by atoms with Crippen molar-refractivity contribution in [2.75, 3.05) is 13.7 Å². The monoisotopic (exact) mass is 648 g/mol. The second-order valence-electron chi connectivity index (χ2n) is 18.2. The van der Waals surface area contributed by atoms with E-state index in [9.17, 15) is 30.3 Å². The first kappa shape index (κ1) is 34.8. The maximum atomic E-state index is 12.3. The van der Waals surface area contributed by atoms with Crippen LogP contribution in [-0.2, 0) is 19.0 Å². The zero-order chi connectivity index (χ0) is 33.8. The van der Waals surface area contributed by atoms with Crippen LogP contribution in [0.4, 0.5) is 0 Å². The Morgan fingerprint density at radius 2 is 1.57 bits per heavy atom. The first-order valence-corrected chi connectivity index (χ1v) is 17.8. The van der Waals surface area contributed by atoms with Gasteiger partial charge >= 0.3 is 5.97 Å². The van der Waals surface area contributed by atoms with Crippen molar-refractivity contribution in [3.05, 3.63) is 11.6 Å². The van der Waals surface area contributed by atoms with Gasteiger partial charge in [-0.25, -0.2) is 4.79 Å². The molecule has 0 aromatic rings. The lowest BCUT2D eigenvalue weighted by molar-refractivity contribution is -0.327. The van der Waals surface area contributed by atoms with Crippen molar-refractivity contribution in [1.82, 2.24) is 0 Å². The fourth-order valence-electron chi connectivity index (χ4n) is 12.3. The molecular weight excluding hydrogens is 588 g/mol. The number of hydrogen-bond donors (Lipinski definition) is 5. The SMILES string of the molecule is COC(=O)[C@H]1O[C@@H](O[C@H]2CC[C@@]3(C)[C@@H](CC[C@]4(C)[C@@H]3CC=C3[C@@H]5CC(C)(C)C[C@@H](O)[C@]5(C)CC[C@]34C)[C@@]2(C)CO)[C@H](O)[C@@H](O)[C@@H]1O. The summed E-state index contributed by atoms with van der Waals surface area (Å²) >= 11 is 0. The number of methoxy groups -OCH3 is 1. The molecule has 5 N–H and O–H groups in total. The van der Waals surface area contributed by atoms with Crippen molar-refractivity contribution in [2.45, 2.75) is 149 Å². The molecular formula is C37H60O9. The quantitative estimate of drug-likeness (QED) is 0.173. The summed E-state index contributed by atoms with van der Waals surface area (Å²) < 4.78 is 16.9. The molecule has 6 aliphatic rings. The molecule has 0 bridgehead atoms. The lowest BCUT2D eigenvalue weighted by Crippen LogP contribution is -2.67. The van der Waals surface area contributed by atoms with Crippen LogP contribution in [0.3, 0.4) is 0 Å². The van der Waals surface area contributed by atoms with E-state index in [1.54, 1.807) is 5.57 Å². The highest BCUT2D eigenvalue weighted by Gasteiger charge is 2.69. The average molecular weight is 649 g/mol. The number of rotatable bonds is 4. The van der Waals surface area contributed by atoms with Gasteiger partial charge in [-0.15, -0.1) is 0 Å². The molecule has 4 saturated carbocycles. The van der Waals surface area contributed by atoms with Crippen molar-refractivity contribution >= 4 is 5.97 Å². The molecule has 0 aromatic heterocycles. The number of ether oxygens (including phenoxy) is 3. The summed E-state index contributed by atoms with van der Waals surface area (Å²) in [5.41, 5.74) is 0.968. The van der Waals surface area contributed by atoms with Crippen molar-refractivity contribution < 1.29 is 44.5 Å². The molecule has 46 heavy (non-hydrogen) atoms. The second-order valence-corrected chi connectivity index (χ2v) is 18.2. The molecule has 5 fully saturated rings. The molecule has 0 aromatic carbocycles. The third-order valence-electron chi connectivity index (χ3n) is 15.5. The van der Waals surface area contributed by atoms with Gasteiger partial charge in [-0.2, -0.15) is 0 Å². The molecule has 1 heterocycles. The van der Waals surface area contributed by atoms with Gasteiger partial charge in [0.2, 0.25) is 0 Å². The number of aliphatic hydroxyl groups is 5. The van der Waals surface area contributed by atoms with Gasteiger partial charge in [0.15, 0.2) is 12.4 Å². The smallest absolute Gasteiger partial charge is 0.337 e. The standard InChI is InChI=1S/C37H60O9/c1-32(2)17-21-20-9-10-23-34(4)13-12-25(45-31-28(42)26(40)27(41)29(46-31)30(43)44-8)35(5,19-38)22(34)11-14-37(23,7)36(20,6)16-15-33(21,3)24(39)18-32/h9,21-29,31,38-42H,10-19H2,1-8H3/t21-,22+,23+,24+,25-,26-,27-,28+,29-,31+,33+,34-,35+,36+,37+/m0/s1. The Labute approximate surface area is 275 Å². The minimum Gasteiger partial charge on any atom is -0.467 e. The van der Waals surface area contributed by atoms with Crippen molar-refractivity contribution in [2.24, 2.45) is 50.2 Å². The number of fused-ring (bicyclic) bond motifs is 7. The largest absolute Gasteiger partial charge is 0.467 e. The Hall–Kier alpha value is -1.07. The lowest BCUT2D eigenvalue weighted by atomic mass is 9.33. The Morgan fingerprint density at radius 1 is 0.870 bits per heavy atom. The Kier molecular flexibility index (Phi) is 8.49. The van der Waals surface area contributed by atoms with Gasteiger partial charge in [-0.3, -0.25) is 0 Å². The fraction of sp³-hybridized carbons (Fsp3) is 0.919. The topological polar surface area (TPSA) is 146 Å². The summed E-state index contributed by atoms with van der Waals surface area (Å²) in [6.07, 6.45) is 2.60. The maximum Gasteiger partial charge on any atom is 0.337 e. The third-order valence-corrected chi connectivity index (χ3v) is 15.5. The molecule has 0 amide bonds. The average Bonchev–Trinajstić information content (AvgIpc) is 2.99. The normalized spacial score (nSPS) is 54.8. The molecule has 0 unspecified atom stereocenters. The van der Waals surface area contributed by atoms with Gasteiger partial charge in [0, 0.05) is 10.8 Å². The van der Waals surface area contributed by atoms with Crippen LogP contribution in [0.5, 0.6) is 0 Å². The van der Waals surface area contributed by atoms with Crippen LogP contribution in [0.15, 0.2) is 11.6 Å². The molecule has 9 nitrogen and oxygen atoms in total. The van der Waals surface area contributed by atoms with Crippen LogP contribution in [0.25, 0.3) is 0 Å². The number of aliphatic hydroxyl groups excluding tert-OH is 5.